The third kappa shape index (κ3) is 1.92. The summed E-state index contributed by atoms with van der Waals surface area (Å²) in [5.41, 5.74) is 0.0985. The van der Waals surface area contributed by atoms with Gasteiger partial charge < -0.3 is 9.15 Å². The number of hydrogen-bond donors (Lipinski definition) is 0. The Morgan fingerprint density at radius 1 is 1.37 bits per heavy atom. The van der Waals surface area contributed by atoms with Crippen molar-refractivity contribution in [3.63, 3.8) is 0 Å². The van der Waals surface area contributed by atoms with Crippen LogP contribution in [0.1, 0.15) is 15.4 Å². The first-order valence-electron chi connectivity index (χ1n) is 5.55. The molecule has 1 aromatic carbocycles. The number of rotatable bonds is 3. The number of fused-ring (bicyclic) bond motifs is 1. The molecular formula is C14H9FO3S. The molecule has 3 aromatic rings. The van der Waals surface area contributed by atoms with E-state index >= 15 is 0 Å². The third-order valence-corrected chi connectivity index (χ3v) is 3.67. The van der Waals surface area contributed by atoms with Gasteiger partial charge in [0.05, 0.1) is 7.11 Å². The van der Waals surface area contributed by atoms with Gasteiger partial charge in [-0.15, -0.1) is 11.3 Å². The molecular weight excluding hydrogens is 267 g/mol. The smallest absolute Gasteiger partial charge is 0.241 e. The molecule has 0 aliphatic rings. The maximum atomic E-state index is 13.5. The van der Waals surface area contributed by atoms with E-state index in [2.05, 4.69) is 0 Å². The van der Waals surface area contributed by atoms with Crippen LogP contribution in [0.25, 0.3) is 11.0 Å². The van der Waals surface area contributed by atoms with Gasteiger partial charge in [-0.2, -0.15) is 0 Å². The summed E-state index contributed by atoms with van der Waals surface area (Å²) >= 11 is 1.26. The lowest BCUT2D eigenvalue weighted by Gasteiger charge is -1.98. The highest BCUT2D eigenvalue weighted by molar-refractivity contribution is 7.12. The van der Waals surface area contributed by atoms with Crippen molar-refractivity contribution in [2.24, 2.45) is 0 Å². The molecule has 3 nitrogen and oxygen atoms in total. The van der Waals surface area contributed by atoms with E-state index in [0.717, 1.165) is 0 Å². The molecule has 0 fully saturated rings. The maximum absolute atomic E-state index is 13.5. The summed E-state index contributed by atoms with van der Waals surface area (Å²) in [6, 6.07) is 7.82. The second kappa shape index (κ2) is 4.51. The van der Waals surface area contributed by atoms with E-state index in [1.807, 2.05) is 0 Å². The zero-order chi connectivity index (χ0) is 13.4. The molecule has 2 heterocycles. The number of furan rings is 1. The average molecular weight is 276 g/mol. The number of hydrogen-bond acceptors (Lipinski definition) is 4. The van der Waals surface area contributed by atoms with Crippen LogP contribution in [0.4, 0.5) is 4.39 Å². The molecule has 3 rings (SSSR count). The SMILES string of the molecule is COc1ccsc1C(=O)c1cc2cccc(F)c2o1. The number of ketones is 1. The number of thiophene rings is 1. The molecule has 0 bridgehead atoms. The number of methoxy groups -OCH3 is 1. The van der Waals surface area contributed by atoms with Gasteiger partial charge in [-0.3, -0.25) is 4.79 Å². The van der Waals surface area contributed by atoms with Crippen LogP contribution >= 0.6 is 11.3 Å². The van der Waals surface area contributed by atoms with Gasteiger partial charge in [0.15, 0.2) is 17.2 Å². The summed E-state index contributed by atoms with van der Waals surface area (Å²) in [4.78, 5) is 12.7. The van der Waals surface area contributed by atoms with Gasteiger partial charge in [0, 0.05) is 5.39 Å². The van der Waals surface area contributed by atoms with Crippen molar-refractivity contribution in [2.75, 3.05) is 7.11 Å². The number of para-hydroxylation sites is 1. The van der Waals surface area contributed by atoms with Crippen LogP contribution in [0.15, 0.2) is 40.1 Å². The molecule has 0 spiro atoms. The molecule has 0 aliphatic heterocycles. The topological polar surface area (TPSA) is 39.4 Å². The molecule has 0 radical (unpaired) electrons. The average Bonchev–Trinajstić information content (AvgIpc) is 3.04. The van der Waals surface area contributed by atoms with Crippen molar-refractivity contribution >= 4 is 28.1 Å². The van der Waals surface area contributed by atoms with Crippen LogP contribution in [0.2, 0.25) is 0 Å². The number of carbonyl (C=O) groups is 1. The molecule has 0 aliphatic carbocycles. The van der Waals surface area contributed by atoms with Crippen LogP contribution in [-0.4, -0.2) is 12.9 Å². The summed E-state index contributed by atoms with van der Waals surface area (Å²) in [7, 11) is 1.50. The fourth-order valence-electron chi connectivity index (χ4n) is 1.88. The predicted octanol–water partition coefficient (Wildman–Crippen LogP) is 3.87. The summed E-state index contributed by atoms with van der Waals surface area (Å²) in [6.07, 6.45) is 0. The quantitative estimate of drug-likeness (QED) is 0.682. The van der Waals surface area contributed by atoms with Gasteiger partial charge in [-0.1, -0.05) is 12.1 Å². The Kier molecular flexibility index (Phi) is 2.83. The zero-order valence-electron chi connectivity index (χ0n) is 9.98. The third-order valence-electron chi connectivity index (χ3n) is 2.78. The van der Waals surface area contributed by atoms with Crippen LogP contribution in [0.3, 0.4) is 0 Å². The molecule has 2 aromatic heterocycles. The van der Waals surface area contributed by atoms with Crippen LogP contribution in [0, 0.1) is 5.82 Å². The molecule has 5 heteroatoms. The fourth-order valence-corrected chi connectivity index (χ4v) is 2.68. The molecule has 0 N–H and O–H groups in total. The van der Waals surface area contributed by atoms with Crippen molar-refractivity contribution in [3.8, 4) is 5.75 Å². The molecule has 0 saturated heterocycles. The van der Waals surface area contributed by atoms with Crippen LogP contribution in [-0.2, 0) is 0 Å². The minimum Gasteiger partial charge on any atom is -0.495 e. The van der Waals surface area contributed by atoms with Crippen molar-refractivity contribution in [1.29, 1.82) is 0 Å². The van der Waals surface area contributed by atoms with Crippen molar-refractivity contribution in [3.05, 3.63) is 52.2 Å². The Hall–Kier alpha value is -2.14. The summed E-state index contributed by atoms with van der Waals surface area (Å²) in [5.74, 6) is -0.172. The highest BCUT2D eigenvalue weighted by Gasteiger charge is 2.20. The van der Waals surface area contributed by atoms with Crippen LogP contribution in [0.5, 0.6) is 5.75 Å². The van der Waals surface area contributed by atoms with Crippen molar-refractivity contribution < 1.29 is 18.3 Å². The molecule has 96 valence electrons. The highest BCUT2D eigenvalue weighted by Crippen LogP contribution is 2.30. The Bertz CT molecular complexity index is 757. The lowest BCUT2D eigenvalue weighted by Crippen LogP contribution is -1.98. The van der Waals surface area contributed by atoms with E-state index in [-0.39, 0.29) is 17.1 Å². The van der Waals surface area contributed by atoms with Crippen molar-refractivity contribution in [1.82, 2.24) is 0 Å². The van der Waals surface area contributed by atoms with E-state index in [0.29, 0.717) is 16.0 Å². The predicted molar refractivity (Wildman–Crippen MR) is 70.5 cm³/mol. The molecule has 0 amide bonds. The molecule has 0 atom stereocenters. The van der Waals surface area contributed by atoms with Crippen molar-refractivity contribution in [2.45, 2.75) is 0 Å². The zero-order valence-corrected chi connectivity index (χ0v) is 10.8. The summed E-state index contributed by atoms with van der Waals surface area (Å²) in [6.45, 7) is 0. The highest BCUT2D eigenvalue weighted by atomic mass is 32.1. The maximum Gasteiger partial charge on any atom is 0.241 e. The first kappa shape index (κ1) is 11.9. The molecule has 0 unspecified atom stereocenters. The lowest BCUT2D eigenvalue weighted by molar-refractivity contribution is 0.101. The Labute approximate surface area is 112 Å². The van der Waals surface area contributed by atoms with Gasteiger partial charge in [0.25, 0.3) is 0 Å². The summed E-state index contributed by atoms with van der Waals surface area (Å²) in [5, 5.41) is 2.33. The van der Waals surface area contributed by atoms with E-state index in [4.69, 9.17) is 9.15 Å². The van der Waals surface area contributed by atoms with Gasteiger partial charge in [-0.25, -0.2) is 4.39 Å². The minimum absolute atomic E-state index is 0.0985. The number of halogens is 1. The Balaban J connectivity index is 2.09. The first-order chi connectivity index (χ1) is 9.20. The second-order valence-electron chi connectivity index (χ2n) is 3.92. The summed E-state index contributed by atoms with van der Waals surface area (Å²) < 4.78 is 23.9. The van der Waals surface area contributed by atoms with E-state index < -0.39 is 5.82 Å². The first-order valence-corrected chi connectivity index (χ1v) is 6.43. The lowest BCUT2D eigenvalue weighted by atomic mass is 10.2. The standard InChI is InChI=1S/C14H9FO3S/c1-17-10-5-6-19-14(10)12(16)11-7-8-3-2-4-9(15)13(8)18-11/h2-7H,1H3. The number of carbonyl (C=O) groups excluding carboxylic acids is 1. The number of benzene rings is 1. The fraction of sp³-hybridized carbons (Fsp3) is 0.0714. The molecule has 19 heavy (non-hydrogen) atoms. The Morgan fingerprint density at radius 3 is 2.95 bits per heavy atom. The Morgan fingerprint density at radius 2 is 2.21 bits per heavy atom. The molecule has 0 saturated carbocycles. The van der Waals surface area contributed by atoms with Gasteiger partial charge in [-0.05, 0) is 23.6 Å². The monoisotopic (exact) mass is 276 g/mol. The van der Waals surface area contributed by atoms with Gasteiger partial charge in [0.1, 0.15) is 10.6 Å². The van der Waals surface area contributed by atoms with Gasteiger partial charge in [0.2, 0.25) is 5.78 Å². The van der Waals surface area contributed by atoms with E-state index in [1.165, 1.54) is 24.5 Å². The number of ether oxygens (including phenoxy) is 1. The van der Waals surface area contributed by atoms with Gasteiger partial charge >= 0.3 is 0 Å². The van der Waals surface area contributed by atoms with E-state index in [9.17, 15) is 9.18 Å². The second-order valence-corrected chi connectivity index (χ2v) is 4.83. The largest absolute Gasteiger partial charge is 0.495 e. The normalized spacial score (nSPS) is 10.8. The van der Waals surface area contributed by atoms with Crippen LogP contribution < -0.4 is 4.74 Å². The van der Waals surface area contributed by atoms with E-state index in [1.54, 1.807) is 29.6 Å². The minimum atomic E-state index is -0.477.